The van der Waals surface area contributed by atoms with Crippen LogP contribution in [0.25, 0.3) is 22.3 Å². The number of aromatic nitrogens is 3. The first-order chi connectivity index (χ1) is 19.5. The van der Waals surface area contributed by atoms with E-state index in [1.807, 2.05) is 60.1 Å². The lowest BCUT2D eigenvalue weighted by Crippen LogP contribution is -2.04. The van der Waals surface area contributed by atoms with Crippen molar-refractivity contribution < 1.29 is 14.3 Å². The summed E-state index contributed by atoms with van der Waals surface area (Å²) in [5.41, 5.74) is 9.44. The van der Waals surface area contributed by atoms with Gasteiger partial charge >= 0.3 is 5.97 Å². The summed E-state index contributed by atoms with van der Waals surface area (Å²) in [7, 11) is 3.37. The molecule has 0 N–H and O–H groups in total. The predicted molar refractivity (Wildman–Crippen MR) is 152 cm³/mol. The van der Waals surface area contributed by atoms with E-state index in [0.717, 1.165) is 58.5 Å². The fraction of sp³-hybridized carbons (Fsp3) is 0.212. The van der Waals surface area contributed by atoms with Crippen LogP contribution in [0.4, 0.5) is 0 Å². The average Bonchev–Trinajstić information content (AvgIpc) is 3.30. The third-order valence-electron chi connectivity index (χ3n) is 7.57. The number of benzene rings is 3. The molecule has 1 aliphatic heterocycles. The normalized spacial score (nSPS) is 12.7. The number of pyridine rings is 1. The molecule has 0 saturated heterocycles. The zero-order chi connectivity index (χ0) is 27.6. The Balaban J connectivity index is 1.38. The number of ether oxygens (including phenoxy) is 2. The molecule has 0 radical (unpaired) electrons. The summed E-state index contributed by atoms with van der Waals surface area (Å²) >= 11 is 0. The minimum atomic E-state index is -0.363. The molecule has 0 spiro atoms. The van der Waals surface area contributed by atoms with Gasteiger partial charge in [-0.15, -0.1) is 0 Å². The second kappa shape index (κ2) is 10.7. The molecule has 0 saturated carbocycles. The maximum absolute atomic E-state index is 12.1. The van der Waals surface area contributed by atoms with Crippen LogP contribution >= 0.6 is 0 Å². The first kappa shape index (κ1) is 25.3. The molecule has 7 nitrogen and oxygen atoms in total. The number of aryl methyl sites for hydroxylation is 3. The predicted octanol–water partition coefficient (Wildman–Crippen LogP) is 5.95. The molecule has 3 aromatic carbocycles. The number of imidazole rings is 1. The highest BCUT2D eigenvalue weighted by molar-refractivity contribution is 5.93. The quantitative estimate of drug-likeness (QED) is 0.269. The molecule has 4 bridgehead atoms. The lowest BCUT2D eigenvalue weighted by Gasteiger charge is -2.13. The van der Waals surface area contributed by atoms with Gasteiger partial charge in [0.1, 0.15) is 12.4 Å². The largest absolute Gasteiger partial charge is 0.473 e. The van der Waals surface area contributed by atoms with Crippen LogP contribution < -0.4 is 4.74 Å². The number of hydrogen-bond donors (Lipinski definition) is 0. The van der Waals surface area contributed by atoms with E-state index in [0.29, 0.717) is 30.0 Å². The highest BCUT2D eigenvalue weighted by Crippen LogP contribution is 2.28. The fourth-order valence-electron chi connectivity index (χ4n) is 5.35. The van der Waals surface area contributed by atoms with Crippen molar-refractivity contribution in [1.29, 1.82) is 5.26 Å². The van der Waals surface area contributed by atoms with Crippen LogP contribution in [0.5, 0.6) is 5.88 Å². The second-order valence-electron chi connectivity index (χ2n) is 10.0. The van der Waals surface area contributed by atoms with Gasteiger partial charge in [0.2, 0.25) is 5.88 Å². The number of hydrogen-bond acceptors (Lipinski definition) is 6. The topological polar surface area (TPSA) is 90.0 Å². The van der Waals surface area contributed by atoms with E-state index in [1.54, 1.807) is 6.07 Å². The molecule has 0 atom stereocenters. The Labute approximate surface area is 232 Å². The first-order valence-corrected chi connectivity index (χ1v) is 13.3. The number of nitrogens with zero attached hydrogens (tertiary/aromatic N) is 4. The van der Waals surface area contributed by atoms with Gasteiger partial charge in [0, 0.05) is 25.1 Å². The number of nitriles is 1. The fourth-order valence-corrected chi connectivity index (χ4v) is 5.35. The lowest BCUT2D eigenvalue weighted by molar-refractivity contribution is 0.0601. The molecule has 6 rings (SSSR count). The molecule has 198 valence electrons. The summed E-state index contributed by atoms with van der Waals surface area (Å²) < 4.78 is 13.0. The molecule has 0 amide bonds. The van der Waals surface area contributed by atoms with E-state index in [2.05, 4.69) is 24.3 Å². The minimum absolute atomic E-state index is 0.363. The zero-order valence-corrected chi connectivity index (χ0v) is 22.5. The minimum Gasteiger partial charge on any atom is -0.473 e. The van der Waals surface area contributed by atoms with Crippen LogP contribution in [0.2, 0.25) is 0 Å². The average molecular weight is 529 g/mol. The summed E-state index contributed by atoms with van der Waals surface area (Å²) in [6, 6.07) is 25.9. The van der Waals surface area contributed by atoms with E-state index >= 15 is 0 Å². The summed E-state index contributed by atoms with van der Waals surface area (Å²) in [6.07, 6.45) is 3.29. The van der Waals surface area contributed by atoms with Crippen LogP contribution in [0.1, 0.15) is 50.4 Å². The van der Waals surface area contributed by atoms with Gasteiger partial charge in [-0.05, 0) is 84.0 Å². The molecule has 0 aliphatic carbocycles. The maximum atomic E-state index is 12.1. The standard InChI is InChI=1S/C33H28N4O3/c1-37-30-17-26(33(38)39-2)13-14-29(30)35-31(37)18-24-11-12-25-16-23(24)6-3-5-22-15-21(19-34)9-10-27(22)20-40-32-8-4-7-28(25)36-32/h4,7-17H,3,5-6,18,20H2,1-2H3. The van der Waals surface area contributed by atoms with Crippen LogP contribution in [0, 0.1) is 11.3 Å². The highest BCUT2D eigenvalue weighted by Gasteiger charge is 2.16. The summed E-state index contributed by atoms with van der Waals surface area (Å²) in [4.78, 5) is 21.7. The first-order valence-electron chi connectivity index (χ1n) is 13.3. The molecule has 1 aliphatic rings. The van der Waals surface area contributed by atoms with Crippen molar-refractivity contribution >= 4 is 17.0 Å². The van der Waals surface area contributed by atoms with Crippen LogP contribution in [-0.4, -0.2) is 27.6 Å². The molecule has 40 heavy (non-hydrogen) atoms. The van der Waals surface area contributed by atoms with E-state index in [9.17, 15) is 10.1 Å². The van der Waals surface area contributed by atoms with Gasteiger partial charge < -0.3 is 14.0 Å². The Kier molecular flexibility index (Phi) is 6.75. The van der Waals surface area contributed by atoms with Crippen LogP contribution in [0.15, 0.2) is 72.8 Å². The third-order valence-corrected chi connectivity index (χ3v) is 7.57. The van der Waals surface area contributed by atoms with E-state index in [4.69, 9.17) is 19.4 Å². The monoisotopic (exact) mass is 528 g/mol. The third kappa shape index (κ3) is 4.92. The zero-order valence-electron chi connectivity index (χ0n) is 22.5. The van der Waals surface area contributed by atoms with Gasteiger partial charge in [0.25, 0.3) is 0 Å². The van der Waals surface area contributed by atoms with Gasteiger partial charge in [0.15, 0.2) is 0 Å². The highest BCUT2D eigenvalue weighted by atomic mass is 16.5. The number of methoxy groups -OCH3 is 1. The van der Waals surface area contributed by atoms with Gasteiger partial charge in [0.05, 0.1) is 41.0 Å². The van der Waals surface area contributed by atoms with Gasteiger partial charge in [-0.1, -0.05) is 24.3 Å². The number of carbonyl (C=O) groups excluding carboxylic acids is 1. The van der Waals surface area contributed by atoms with Gasteiger partial charge in [-0.25, -0.2) is 14.8 Å². The summed E-state index contributed by atoms with van der Waals surface area (Å²) in [5.74, 6) is 1.13. The van der Waals surface area contributed by atoms with E-state index in [-0.39, 0.29) is 5.97 Å². The Morgan fingerprint density at radius 3 is 2.73 bits per heavy atom. The molecule has 0 unspecified atom stereocenters. The summed E-state index contributed by atoms with van der Waals surface area (Å²) in [6.45, 7) is 0.407. The van der Waals surface area contributed by atoms with Crippen molar-refractivity contribution in [2.24, 2.45) is 7.05 Å². The molecule has 2 aromatic heterocycles. The van der Waals surface area contributed by atoms with Crippen molar-refractivity contribution in [3.63, 3.8) is 0 Å². The van der Waals surface area contributed by atoms with Crippen molar-refractivity contribution in [3.8, 4) is 23.2 Å². The summed E-state index contributed by atoms with van der Waals surface area (Å²) in [5, 5.41) is 9.45. The molecule has 0 fully saturated rings. The maximum Gasteiger partial charge on any atom is 0.337 e. The Hall–Kier alpha value is -4.96. The van der Waals surface area contributed by atoms with Gasteiger partial charge in [-0.2, -0.15) is 5.26 Å². The molecule has 7 heteroatoms. The Morgan fingerprint density at radius 2 is 1.88 bits per heavy atom. The molecular formula is C33H28N4O3. The number of carbonyl (C=O) groups is 1. The van der Waals surface area contributed by atoms with E-state index in [1.165, 1.54) is 18.2 Å². The van der Waals surface area contributed by atoms with Crippen molar-refractivity contribution in [2.75, 3.05) is 7.11 Å². The van der Waals surface area contributed by atoms with Crippen molar-refractivity contribution in [3.05, 3.63) is 112 Å². The van der Waals surface area contributed by atoms with E-state index < -0.39 is 0 Å². The second-order valence-corrected chi connectivity index (χ2v) is 10.0. The van der Waals surface area contributed by atoms with Crippen molar-refractivity contribution in [1.82, 2.24) is 14.5 Å². The Morgan fingerprint density at radius 1 is 1.00 bits per heavy atom. The molecule has 3 heterocycles. The van der Waals surface area contributed by atoms with Crippen molar-refractivity contribution in [2.45, 2.75) is 32.3 Å². The van der Waals surface area contributed by atoms with Crippen LogP contribution in [-0.2, 0) is 37.7 Å². The number of fused-ring (bicyclic) bond motifs is 7. The lowest BCUT2D eigenvalue weighted by atomic mass is 9.93. The SMILES string of the molecule is COC(=O)c1ccc2nc(Cc3ccc4cc3CCCc3cc(C#N)ccc3COc3cccc-4n3)n(C)c2c1. The Bertz CT molecular complexity index is 1800. The smallest absolute Gasteiger partial charge is 0.337 e. The van der Waals surface area contributed by atoms with Crippen LogP contribution in [0.3, 0.4) is 0 Å². The molecular weight excluding hydrogens is 500 g/mol. The van der Waals surface area contributed by atoms with Gasteiger partial charge in [-0.3, -0.25) is 0 Å². The number of esters is 1. The number of rotatable bonds is 3. The molecule has 5 aromatic rings.